The molecule has 2 aromatic carbocycles. The minimum atomic E-state index is -3.10. The van der Waals surface area contributed by atoms with Crippen LogP contribution < -0.4 is 15.8 Å². The van der Waals surface area contributed by atoms with E-state index in [2.05, 4.69) is 5.32 Å². The number of carbonyl (C=O) groups excluding carboxylic acids is 1. The van der Waals surface area contributed by atoms with E-state index >= 15 is 0 Å². The minimum Gasteiger partial charge on any atom is -0.484 e. The highest BCUT2D eigenvalue weighted by molar-refractivity contribution is 5.84. The summed E-state index contributed by atoms with van der Waals surface area (Å²) in [6.07, 6.45) is 0. The summed E-state index contributed by atoms with van der Waals surface area (Å²) in [5.74, 6) is -3.20. The lowest BCUT2D eigenvalue weighted by Gasteiger charge is -2.14. The standard InChI is InChI=1S/C15H16F2N2O2/c16-15(17,9-18)10-19-14(20)8-21-13-6-5-11-3-1-2-4-12(11)7-13/h1-7H,8-10,18H2,(H,19,20). The SMILES string of the molecule is NCC(F)(F)CNC(=O)COc1ccc2ccccc2c1. The van der Waals surface area contributed by atoms with E-state index in [-0.39, 0.29) is 6.61 Å². The van der Waals surface area contributed by atoms with Crippen LogP contribution in [0.3, 0.4) is 0 Å². The van der Waals surface area contributed by atoms with E-state index in [0.29, 0.717) is 5.75 Å². The molecular weight excluding hydrogens is 278 g/mol. The molecule has 0 heterocycles. The van der Waals surface area contributed by atoms with Crippen LogP contribution >= 0.6 is 0 Å². The van der Waals surface area contributed by atoms with Gasteiger partial charge in [-0.25, -0.2) is 8.78 Å². The number of ether oxygens (including phenoxy) is 1. The van der Waals surface area contributed by atoms with Crippen LogP contribution in [-0.4, -0.2) is 31.5 Å². The third kappa shape index (κ3) is 4.39. The fraction of sp³-hybridized carbons (Fsp3) is 0.267. The molecule has 21 heavy (non-hydrogen) atoms. The van der Waals surface area contributed by atoms with E-state index < -0.39 is 24.9 Å². The van der Waals surface area contributed by atoms with Crippen LogP contribution in [0, 0.1) is 0 Å². The van der Waals surface area contributed by atoms with Crippen molar-refractivity contribution in [1.82, 2.24) is 5.32 Å². The predicted octanol–water partition coefficient (Wildman–Crippen LogP) is 1.93. The number of hydrogen-bond donors (Lipinski definition) is 2. The second kappa shape index (κ2) is 6.49. The van der Waals surface area contributed by atoms with Crippen molar-refractivity contribution in [3.8, 4) is 5.75 Å². The molecule has 0 aliphatic rings. The van der Waals surface area contributed by atoms with Crippen LogP contribution in [0.15, 0.2) is 42.5 Å². The monoisotopic (exact) mass is 294 g/mol. The Bertz CT molecular complexity index is 632. The number of hydrogen-bond acceptors (Lipinski definition) is 3. The minimum absolute atomic E-state index is 0.320. The molecule has 112 valence electrons. The van der Waals surface area contributed by atoms with Crippen LogP contribution in [0.2, 0.25) is 0 Å². The van der Waals surface area contributed by atoms with Gasteiger partial charge in [0.05, 0.1) is 13.1 Å². The Balaban J connectivity index is 1.88. The molecule has 2 rings (SSSR count). The highest BCUT2D eigenvalue weighted by Gasteiger charge is 2.27. The highest BCUT2D eigenvalue weighted by Crippen LogP contribution is 2.20. The second-order valence-electron chi connectivity index (χ2n) is 4.63. The van der Waals surface area contributed by atoms with Gasteiger partial charge in [-0.3, -0.25) is 4.79 Å². The van der Waals surface area contributed by atoms with E-state index in [1.807, 2.05) is 30.3 Å². The molecule has 0 spiro atoms. The van der Waals surface area contributed by atoms with E-state index in [9.17, 15) is 13.6 Å². The number of halogens is 2. The zero-order valence-corrected chi connectivity index (χ0v) is 11.3. The van der Waals surface area contributed by atoms with Crippen LogP contribution in [0.25, 0.3) is 10.8 Å². The van der Waals surface area contributed by atoms with Gasteiger partial charge in [-0.2, -0.15) is 0 Å². The summed E-state index contributed by atoms with van der Waals surface area (Å²) in [6.45, 7) is -1.92. The lowest BCUT2D eigenvalue weighted by molar-refractivity contribution is -0.124. The quantitative estimate of drug-likeness (QED) is 0.855. The molecule has 0 aliphatic carbocycles. The molecule has 0 radical (unpaired) electrons. The Morgan fingerprint density at radius 2 is 1.90 bits per heavy atom. The molecular formula is C15H16F2N2O2. The number of amides is 1. The van der Waals surface area contributed by atoms with Gasteiger partial charge in [0.2, 0.25) is 0 Å². The first-order valence-corrected chi connectivity index (χ1v) is 6.46. The van der Waals surface area contributed by atoms with E-state index in [1.54, 1.807) is 12.1 Å². The summed E-state index contributed by atoms with van der Waals surface area (Å²) in [5.41, 5.74) is 4.88. The van der Waals surface area contributed by atoms with Gasteiger partial charge < -0.3 is 15.8 Å². The van der Waals surface area contributed by atoms with Crippen molar-refractivity contribution in [3.63, 3.8) is 0 Å². The average Bonchev–Trinajstić information content (AvgIpc) is 2.51. The van der Waals surface area contributed by atoms with Crippen LogP contribution in [0.5, 0.6) is 5.75 Å². The maximum Gasteiger partial charge on any atom is 0.277 e. The summed E-state index contributed by atoms with van der Waals surface area (Å²) >= 11 is 0. The molecule has 0 atom stereocenters. The number of nitrogens with one attached hydrogen (secondary N) is 1. The van der Waals surface area contributed by atoms with Gasteiger partial charge in [0.25, 0.3) is 11.8 Å². The number of nitrogens with two attached hydrogens (primary N) is 1. The first-order valence-electron chi connectivity index (χ1n) is 6.46. The first kappa shape index (κ1) is 15.2. The van der Waals surface area contributed by atoms with Crippen molar-refractivity contribution in [3.05, 3.63) is 42.5 Å². The fourth-order valence-corrected chi connectivity index (χ4v) is 1.76. The van der Waals surface area contributed by atoms with E-state index in [1.165, 1.54) is 0 Å². The van der Waals surface area contributed by atoms with Crippen molar-refractivity contribution in [2.24, 2.45) is 5.73 Å². The molecule has 0 bridgehead atoms. The molecule has 4 nitrogen and oxygen atoms in total. The highest BCUT2D eigenvalue weighted by atomic mass is 19.3. The molecule has 0 fully saturated rings. The third-order valence-electron chi connectivity index (χ3n) is 2.93. The largest absolute Gasteiger partial charge is 0.484 e. The van der Waals surface area contributed by atoms with E-state index in [4.69, 9.17) is 10.5 Å². The fourth-order valence-electron chi connectivity index (χ4n) is 1.76. The van der Waals surface area contributed by atoms with Gasteiger partial charge in [0, 0.05) is 0 Å². The maximum absolute atomic E-state index is 12.9. The van der Waals surface area contributed by atoms with Crippen LogP contribution in [0.1, 0.15) is 0 Å². The summed E-state index contributed by atoms with van der Waals surface area (Å²) in [6, 6.07) is 13.1. The second-order valence-corrected chi connectivity index (χ2v) is 4.63. The summed E-state index contributed by atoms with van der Waals surface area (Å²) in [4.78, 5) is 11.4. The van der Waals surface area contributed by atoms with Crippen molar-refractivity contribution in [2.75, 3.05) is 19.7 Å². The predicted molar refractivity (Wildman–Crippen MR) is 76.5 cm³/mol. The topological polar surface area (TPSA) is 64.3 Å². The third-order valence-corrected chi connectivity index (χ3v) is 2.93. The van der Waals surface area contributed by atoms with Crippen molar-refractivity contribution < 1.29 is 18.3 Å². The number of carbonyl (C=O) groups is 1. The summed E-state index contributed by atoms with van der Waals surface area (Å²) in [7, 11) is 0. The van der Waals surface area contributed by atoms with Gasteiger partial charge in [-0.1, -0.05) is 30.3 Å². The number of rotatable bonds is 6. The smallest absolute Gasteiger partial charge is 0.277 e. The molecule has 0 aliphatic heterocycles. The Morgan fingerprint density at radius 1 is 1.19 bits per heavy atom. The molecule has 0 unspecified atom stereocenters. The zero-order chi connectivity index (χ0) is 15.3. The van der Waals surface area contributed by atoms with E-state index in [0.717, 1.165) is 10.8 Å². The van der Waals surface area contributed by atoms with Gasteiger partial charge in [-0.05, 0) is 22.9 Å². The normalized spacial score (nSPS) is 11.4. The van der Waals surface area contributed by atoms with Crippen molar-refractivity contribution in [1.29, 1.82) is 0 Å². The van der Waals surface area contributed by atoms with Crippen molar-refractivity contribution >= 4 is 16.7 Å². The Kier molecular flexibility index (Phi) is 4.70. The maximum atomic E-state index is 12.9. The van der Waals surface area contributed by atoms with Gasteiger partial charge in [0.15, 0.2) is 6.61 Å². The molecule has 2 aromatic rings. The summed E-state index contributed by atoms with van der Waals surface area (Å²) < 4.78 is 31.0. The molecule has 3 N–H and O–H groups in total. The Labute approximate surface area is 120 Å². The molecule has 0 saturated carbocycles. The number of benzene rings is 2. The zero-order valence-electron chi connectivity index (χ0n) is 11.3. The molecule has 0 saturated heterocycles. The van der Waals surface area contributed by atoms with Gasteiger partial charge >= 0.3 is 0 Å². The van der Waals surface area contributed by atoms with Crippen molar-refractivity contribution in [2.45, 2.75) is 5.92 Å². The lowest BCUT2D eigenvalue weighted by atomic mass is 10.1. The van der Waals surface area contributed by atoms with Gasteiger partial charge in [0.1, 0.15) is 5.75 Å². The molecule has 1 amide bonds. The van der Waals surface area contributed by atoms with Gasteiger partial charge in [-0.15, -0.1) is 0 Å². The Hall–Kier alpha value is -2.21. The number of alkyl halides is 2. The average molecular weight is 294 g/mol. The summed E-state index contributed by atoms with van der Waals surface area (Å²) in [5, 5.41) is 4.12. The first-order chi connectivity index (χ1) is 10.00. The Morgan fingerprint density at radius 3 is 2.62 bits per heavy atom. The lowest BCUT2D eigenvalue weighted by Crippen LogP contribution is -2.43. The van der Waals surface area contributed by atoms with Crippen LogP contribution in [-0.2, 0) is 4.79 Å². The number of fused-ring (bicyclic) bond motifs is 1. The van der Waals surface area contributed by atoms with Crippen LogP contribution in [0.4, 0.5) is 8.78 Å². The molecule has 0 aromatic heterocycles. The molecule has 6 heteroatoms.